The van der Waals surface area contributed by atoms with Crippen LogP contribution in [-0.4, -0.2) is 8.42 Å². The van der Waals surface area contributed by atoms with E-state index < -0.39 is 39.5 Å². The number of halogens is 2. The van der Waals surface area contributed by atoms with Crippen molar-refractivity contribution in [3.05, 3.63) is 107 Å². The van der Waals surface area contributed by atoms with Gasteiger partial charge < -0.3 is 5.73 Å². The van der Waals surface area contributed by atoms with E-state index in [0.717, 1.165) is 17.7 Å². The van der Waals surface area contributed by atoms with Gasteiger partial charge in [0, 0.05) is 6.07 Å². The van der Waals surface area contributed by atoms with Crippen molar-refractivity contribution in [2.24, 2.45) is 5.73 Å². The van der Waals surface area contributed by atoms with E-state index in [1.54, 1.807) is 24.3 Å². The van der Waals surface area contributed by atoms with E-state index >= 15 is 0 Å². The maximum atomic E-state index is 13.4. The van der Waals surface area contributed by atoms with Crippen molar-refractivity contribution >= 4 is 10.0 Å². The Morgan fingerprint density at radius 2 is 1.32 bits per heavy atom. The van der Waals surface area contributed by atoms with E-state index in [1.165, 1.54) is 0 Å². The minimum Gasteiger partial charge on any atom is -0.322 e. The molecule has 28 heavy (non-hydrogen) atoms. The van der Waals surface area contributed by atoms with Crippen molar-refractivity contribution in [3.63, 3.8) is 0 Å². The van der Waals surface area contributed by atoms with Crippen molar-refractivity contribution < 1.29 is 17.2 Å². The SMILES string of the molecule is NC(c1ccccc1)C(NS(=O)(=O)Cc1cc(F)cc(F)c1)c1ccccc1. The highest BCUT2D eigenvalue weighted by Gasteiger charge is 2.26. The maximum Gasteiger partial charge on any atom is 0.216 e. The summed E-state index contributed by atoms with van der Waals surface area (Å²) in [6.07, 6.45) is 0. The Kier molecular flexibility index (Phi) is 6.18. The summed E-state index contributed by atoms with van der Waals surface area (Å²) in [6.45, 7) is 0. The van der Waals surface area contributed by atoms with Gasteiger partial charge in [0.2, 0.25) is 10.0 Å². The molecule has 3 N–H and O–H groups in total. The summed E-state index contributed by atoms with van der Waals surface area (Å²) in [4.78, 5) is 0. The molecule has 0 heterocycles. The molecule has 0 saturated carbocycles. The van der Waals surface area contributed by atoms with Gasteiger partial charge in [0.05, 0.1) is 17.8 Å². The minimum absolute atomic E-state index is 0.0186. The second-order valence-corrected chi connectivity index (χ2v) is 8.23. The molecule has 0 aliphatic carbocycles. The van der Waals surface area contributed by atoms with Crippen molar-refractivity contribution in [2.45, 2.75) is 17.8 Å². The summed E-state index contributed by atoms with van der Waals surface area (Å²) < 4.78 is 54.9. The highest BCUT2D eigenvalue weighted by molar-refractivity contribution is 7.88. The molecule has 0 radical (unpaired) electrons. The smallest absolute Gasteiger partial charge is 0.216 e. The zero-order valence-corrected chi connectivity index (χ0v) is 15.7. The normalized spacial score (nSPS) is 13.8. The third-order valence-corrected chi connectivity index (χ3v) is 5.61. The lowest BCUT2D eigenvalue weighted by Gasteiger charge is -2.26. The highest BCUT2D eigenvalue weighted by Crippen LogP contribution is 2.28. The quantitative estimate of drug-likeness (QED) is 0.631. The lowest BCUT2D eigenvalue weighted by Crippen LogP contribution is -2.36. The molecule has 0 fully saturated rings. The fraction of sp³-hybridized carbons (Fsp3) is 0.143. The van der Waals surface area contributed by atoms with E-state index in [2.05, 4.69) is 4.72 Å². The van der Waals surface area contributed by atoms with Gasteiger partial charge in [-0.05, 0) is 28.8 Å². The van der Waals surface area contributed by atoms with Crippen molar-refractivity contribution in [2.75, 3.05) is 0 Å². The Morgan fingerprint density at radius 1 is 0.821 bits per heavy atom. The van der Waals surface area contributed by atoms with Crippen LogP contribution in [0.5, 0.6) is 0 Å². The maximum absolute atomic E-state index is 13.4. The summed E-state index contributed by atoms with van der Waals surface area (Å²) in [7, 11) is -3.93. The van der Waals surface area contributed by atoms with Crippen molar-refractivity contribution in [1.29, 1.82) is 0 Å². The summed E-state index contributed by atoms with van der Waals surface area (Å²) in [5, 5.41) is 0. The predicted molar refractivity (Wildman–Crippen MR) is 105 cm³/mol. The number of nitrogens with one attached hydrogen (secondary N) is 1. The van der Waals surface area contributed by atoms with Crippen LogP contribution in [0.4, 0.5) is 8.78 Å². The van der Waals surface area contributed by atoms with Crippen LogP contribution in [0.1, 0.15) is 28.8 Å². The second-order valence-electron chi connectivity index (χ2n) is 6.48. The van der Waals surface area contributed by atoms with E-state index in [4.69, 9.17) is 5.73 Å². The molecule has 3 rings (SSSR count). The number of rotatable bonds is 7. The van der Waals surface area contributed by atoms with Crippen LogP contribution >= 0.6 is 0 Å². The molecule has 0 aliphatic heterocycles. The standard InChI is InChI=1S/C21H20F2N2O2S/c22-18-11-15(12-19(23)13-18)14-28(26,27)25-21(17-9-5-2-6-10-17)20(24)16-7-3-1-4-8-16/h1-13,20-21,25H,14,24H2. The van der Waals surface area contributed by atoms with Crippen LogP contribution in [0.3, 0.4) is 0 Å². The van der Waals surface area contributed by atoms with Gasteiger partial charge >= 0.3 is 0 Å². The first-order chi connectivity index (χ1) is 13.3. The first-order valence-corrected chi connectivity index (χ1v) is 10.3. The first-order valence-electron chi connectivity index (χ1n) is 8.64. The van der Waals surface area contributed by atoms with Gasteiger partial charge in [-0.2, -0.15) is 0 Å². The molecule has 7 heteroatoms. The Morgan fingerprint density at radius 3 is 1.86 bits per heavy atom. The second kappa shape index (κ2) is 8.60. The fourth-order valence-electron chi connectivity index (χ4n) is 3.03. The number of benzene rings is 3. The van der Waals surface area contributed by atoms with E-state index in [1.807, 2.05) is 36.4 Å². The molecule has 0 aromatic heterocycles. The van der Waals surface area contributed by atoms with Crippen LogP contribution in [-0.2, 0) is 15.8 Å². The largest absolute Gasteiger partial charge is 0.322 e. The summed E-state index contributed by atoms with van der Waals surface area (Å²) in [6, 6.07) is 19.4. The third kappa shape index (κ3) is 5.22. The topological polar surface area (TPSA) is 72.2 Å². The molecule has 0 saturated heterocycles. The first kappa shape index (κ1) is 20.1. The van der Waals surface area contributed by atoms with Gasteiger partial charge in [-0.3, -0.25) is 0 Å². The van der Waals surface area contributed by atoms with Crippen LogP contribution < -0.4 is 10.5 Å². The molecular weight excluding hydrogens is 382 g/mol. The van der Waals surface area contributed by atoms with Gasteiger partial charge in [-0.15, -0.1) is 0 Å². The molecular formula is C21H20F2N2O2S. The Balaban J connectivity index is 1.90. The molecule has 146 valence electrons. The van der Waals surface area contributed by atoms with Crippen LogP contribution in [0, 0.1) is 11.6 Å². The highest BCUT2D eigenvalue weighted by atomic mass is 32.2. The van der Waals surface area contributed by atoms with Gasteiger partial charge in [-0.25, -0.2) is 21.9 Å². The fourth-order valence-corrected chi connectivity index (χ4v) is 4.38. The molecule has 0 amide bonds. The molecule has 2 atom stereocenters. The molecule has 0 spiro atoms. The number of hydrogen-bond donors (Lipinski definition) is 2. The van der Waals surface area contributed by atoms with Crippen molar-refractivity contribution in [1.82, 2.24) is 4.72 Å². The number of hydrogen-bond acceptors (Lipinski definition) is 3. The lowest BCUT2D eigenvalue weighted by molar-refractivity contribution is 0.503. The van der Waals surface area contributed by atoms with Gasteiger partial charge in [0.25, 0.3) is 0 Å². The van der Waals surface area contributed by atoms with Gasteiger partial charge in [0.15, 0.2) is 0 Å². The van der Waals surface area contributed by atoms with E-state index in [9.17, 15) is 17.2 Å². The number of sulfonamides is 1. The van der Waals surface area contributed by atoms with Crippen LogP contribution in [0.15, 0.2) is 78.9 Å². The average Bonchev–Trinajstić information content (AvgIpc) is 2.66. The Labute approximate surface area is 163 Å². The van der Waals surface area contributed by atoms with Crippen LogP contribution in [0.2, 0.25) is 0 Å². The monoisotopic (exact) mass is 402 g/mol. The predicted octanol–water partition coefficient (Wildman–Crippen LogP) is 3.83. The lowest BCUT2D eigenvalue weighted by atomic mass is 9.95. The molecule has 4 nitrogen and oxygen atoms in total. The van der Waals surface area contributed by atoms with Crippen molar-refractivity contribution in [3.8, 4) is 0 Å². The molecule has 2 unspecified atom stereocenters. The van der Waals surface area contributed by atoms with Crippen LogP contribution in [0.25, 0.3) is 0 Å². The molecule has 3 aromatic carbocycles. The average molecular weight is 402 g/mol. The van der Waals surface area contributed by atoms with Gasteiger partial charge in [-0.1, -0.05) is 60.7 Å². The Bertz CT molecular complexity index is 1010. The summed E-state index contributed by atoms with van der Waals surface area (Å²) in [5.74, 6) is -2.22. The Hall–Kier alpha value is -2.61. The van der Waals surface area contributed by atoms with E-state index in [0.29, 0.717) is 11.6 Å². The molecule has 0 aliphatic rings. The summed E-state index contributed by atoms with van der Waals surface area (Å²) >= 11 is 0. The molecule has 0 bridgehead atoms. The number of nitrogens with two attached hydrogens (primary N) is 1. The zero-order chi connectivity index (χ0) is 20.1. The van der Waals surface area contributed by atoms with Gasteiger partial charge in [0.1, 0.15) is 11.6 Å². The molecule has 3 aromatic rings. The third-order valence-electron chi connectivity index (χ3n) is 4.29. The summed E-state index contributed by atoms with van der Waals surface area (Å²) in [5.41, 5.74) is 7.84. The zero-order valence-electron chi connectivity index (χ0n) is 14.9. The minimum atomic E-state index is -3.93. The van der Waals surface area contributed by atoms with E-state index in [-0.39, 0.29) is 5.56 Å².